The maximum absolute atomic E-state index is 13.0. The van der Waals surface area contributed by atoms with E-state index in [1.165, 1.54) is 13.8 Å². The predicted molar refractivity (Wildman–Crippen MR) is 116 cm³/mol. The molecule has 1 heterocycles. The molecule has 166 valence electrons. The Labute approximate surface area is 187 Å². The van der Waals surface area contributed by atoms with Crippen LogP contribution in [0.15, 0.2) is 18.2 Å². The molecule has 0 aliphatic carbocycles. The molecule has 7 nitrogen and oxygen atoms in total. The van der Waals surface area contributed by atoms with Gasteiger partial charge < -0.3 is 20.6 Å². The highest BCUT2D eigenvalue weighted by atomic mass is 35.5. The molecule has 9 heteroatoms. The van der Waals surface area contributed by atoms with E-state index in [9.17, 15) is 19.5 Å². The summed E-state index contributed by atoms with van der Waals surface area (Å²) in [5.74, 6) is -1.25. The van der Waals surface area contributed by atoms with Crippen LogP contribution in [0.25, 0.3) is 0 Å². The van der Waals surface area contributed by atoms with E-state index >= 15 is 0 Å². The molecule has 1 aliphatic rings. The van der Waals surface area contributed by atoms with Crippen molar-refractivity contribution in [1.29, 1.82) is 0 Å². The monoisotopic (exact) mass is 457 g/mol. The number of piperidine rings is 1. The summed E-state index contributed by atoms with van der Waals surface area (Å²) in [5.41, 5.74) is -0.676. The fraction of sp³-hybridized carbons (Fsp3) is 0.571. The first-order valence-corrected chi connectivity index (χ1v) is 10.8. The standard InChI is InChI=1S/C21H29Cl2N3O4/c1-4-17(27)25-18(21(2,3)30)20(29)26-9-5-6-14(12-26)19(28)24-11-13-7-8-15(22)10-16(13)23/h7-8,10,14,18,30H,4-6,9,11-12H2,1-3H3,(H,24,28)(H,25,27)/t14?,18-/m0/s1. The number of nitrogens with one attached hydrogen (secondary N) is 2. The summed E-state index contributed by atoms with van der Waals surface area (Å²) in [6.45, 7) is 5.60. The molecule has 3 N–H and O–H groups in total. The van der Waals surface area contributed by atoms with Crippen molar-refractivity contribution in [3.8, 4) is 0 Å². The van der Waals surface area contributed by atoms with E-state index in [1.54, 1.807) is 30.0 Å². The molecular weight excluding hydrogens is 429 g/mol. The number of hydrogen-bond acceptors (Lipinski definition) is 4. The zero-order valence-electron chi connectivity index (χ0n) is 17.5. The predicted octanol–water partition coefficient (Wildman–Crippen LogP) is 2.51. The third-order valence-corrected chi connectivity index (χ3v) is 5.74. The first-order chi connectivity index (χ1) is 14.0. The second-order valence-corrected chi connectivity index (χ2v) is 8.93. The summed E-state index contributed by atoms with van der Waals surface area (Å²) in [7, 11) is 0. The zero-order chi connectivity index (χ0) is 22.5. The lowest BCUT2D eigenvalue weighted by Gasteiger charge is -2.37. The second-order valence-electron chi connectivity index (χ2n) is 8.08. The molecule has 0 aromatic heterocycles. The van der Waals surface area contributed by atoms with Gasteiger partial charge in [0.2, 0.25) is 17.7 Å². The van der Waals surface area contributed by atoms with E-state index < -0.39 is 11.6 Å². The van der Waals surface area contributed by atoms with Gasteiger partial charge in [-0.1, -0.05) is 36.2 Å². The third-order valence-electron chi connectivity index (χ3n) is 5.15. The smallest absolute Gasteiger partial charge is 0.248 e. The summed E-state index contributed by atoms with van der Waals surface area (Å²) in [5, 5.41) is 16.9. The number of aliphatic hydroxyl groups is 1. The number of hydrogen-bond donors (Lipinski definition) is 3. The van der Waals surface area contributed by atoms with Crippen LogP contribution in [0.5, 0.6) is 0 Å². The van der Waals surface area contributed by atoms with Crippen LogP contribution in [0.3, 0.4) is 0 Å². The molecule has 0 spiro atoms. The van der Waals surface area contributed by atoms with Crippen molar-refractivity contribution < 1.29 is 19.5 Å². The molecule has 1 unspecified atom stereocenters. The van der Waals surface area contributed by atoms with Crippen molar-refractivity contribution in [2.75, 3.05) is 13.1 Å². The number of nitrogens with zero attached hydrogens (tertiary/aromatic N) is 1. The average molecular weight is 458 g/mol. The van der Waals surface area contributed by atoms with Crippen LogP contribution in [-0.2, 0) is 20.9 Å². The van der Waals surface area contributed by atoms with Crippen molar-refractivity contribution in [2.24, 2.45) is 5.92 Å². The van der Waals surface area contributed by atoms with Crippen molar-refractivity contribution >= 4 is 40.9 Å². The average Bonchev–Trinajstić information content (AvgIpc) is 2.69. The molecule has 0 saturated carbocycles. The van der Waals surface area contributed by atoms with Gasteiger partial charge in [0, 0.05) is 36.1 Å². The summed E-state index contributed by atoms with van der Waals surface area (Å²) in [6, 6.07) is 4.01. The van der Waals surface area contributed by atoms with Crippen LogP contribution < -0.4 is 10.6 Å². The van der Waals surface area contributed by atoms with Gasteiger partial charge in [-0.2, -0.15) is 0 Å². The first-order valence-electron chi connectivity index (χ1n) is 10.0. The van der Waals surface area contributed by atoms with Crippen molar-refractivity contribution in [1.82, 2.24) is 15.5 Å². The van der Waals surface area contributed by atoms with Gasteiger partial charge in [0.15, 0.2) is 0 Å². The number of benzene rings is 1. The molecule has 1 saturated heterocycles. The Morgan fingerprint density at radius 2 is 2.00 bits per heavy atom. The molecule has 0 radical (unpaired) electrons. The van der Waals surface area contributed by atoms with Gasteiger partial charge in [-0.15, -0.1) is 0 Å². The number of rotatable bonds is 7. The lowest BCUT2D eigenvalue weighted by Crippen LogP contribution is -2.60. The Morgan fingerprint density at radius 1 is 1.30 bits per heavy atom. The maximum Gasteiger partial charge on any atom is 0.248 e. The van der Waals surface area contributed by atoms with E-state index in [0.717, 1.165) is 5.56 Å². The SMILES string of the molecule is CCC(=O)N[C@@H](C(=O)N1CCCC(C(=O)NCc2ccc(Cl)cc2Cl)C1)C(C)(C)O. The first kappa shape index (κ1) is 24.4. The number of carbonyl (C=O) groups excluding carboxylic acids is 3. The van der Waals surface area contributed by atoms with Gasteiger partial charge in [0.25, 0.3) is 0 Å². The minimum Gasteiger partial charge on any atom is -0.388 e. The van der Waals surface area contributed by atoms with Gasteiger partial charge in [0.05, 0.1) is 11.5 Å². The van der Waals surface area contributed by atoms with Crippen LogP contribution in [0.1, 0.15) is 45.6 Å². The minimum atomic E-state index is -1.43. The number of likely N-dealkylation sites (tertiary alicyclic amines) is 1. The van der Waals surface area contributed by atoms with Crippen LogP contribution in [0.2, 0.25) is 10.0 Å². The van der Waals surface area contributed by atoms with E-state index in [-0.39, 0.29) is 43.1 Å². The molecule has 1 aliphatic heterocycles. The highest BCUT2D eigenvalue weighted by Gasteiger charge is 2.39. The second kappa shape index (κ2) is 10.5. The normalized spacial score (nSPS) is 17.9. The fourth-order valence-corrected chi connectivity index (χ4v) is 3.84. The van der Waals surface area contributed by atoms with Crippen LogP contribution >= 0.6 is 23.2 Å². The van der Waals surface area contributed by atoms with E-state index in [1.807, 2.05) is 0 Å². The van der Waals surface area contributed by atoms with Gasteiger partial charge in [0.1, 0.15) is 6.04 Å². The zero-order valence-corrected chi connectivity index (χ0v) is 19.0. The van der Waals surface area contributed by atoms with Gasteiger partial charge >= 0.3 is 0 Å². The Balaban J connectivity index is 2.01. The summed E-state index contributed by atoms with van der Waals surface area (Å²) >= 11 is 12.0. The Morgan fingerprint density at radius 3 is 2.60 bits per heavy atom. The minimum absolute atomic E-state index is 0.170. The van der Waals surface area contributed by atoms with Crippen molar-refractivity contribution in [3.63, 3.8) is 0 Å². The Kier molecular flexibility index (Phi) is 8.52. The van der Waals surface area contributed by atoms with Crippen LogP contribution in [0.4, 0.5) is 0 Å². The van der Waals surface area contributed by atoms with Gasteiger partial charge in [-0.3, -0.25) is 14.4 Å². The molecule has 30 heavy (non-hydrogen) atoms. The van der Waals surface area contributed by atoms with E-state index in [0.29, 0.717) is 29.4 Å². The quantitative estimate of drug-likeness (QED) is 0.585. The number of amides is 3. The number of halogens is 2. The molecular formula is C21H29Cl2N3O4. The van der Waals surface area contributed by atoms with E-state index in [2.05, 4.69) is 10.6 Å². The fourth-order valence-electron chi connectivity index (χ4n) is 3.37. The topological polar surface area (TPSA) is 98.7 Å². The molecule has 1 aromatic rings. The summed E-state index contributed by atoms with van der Waals surface area (Å²) in [4.78, 5) is 39.0. The lowest BCUT2D eigenvalue weighted by molar-refractivity contribution is -0.145. The molecule has 2 rings (SSSR count). The van der Waals surface area contributed by atoms with Crippen molar-refractivity contribution in [2.45, 2.75) is 58.2 Å². The summed E-state index contributed by atoms with van der Waals surface area (Å²) < 4.78 is 0. The molecule has 0 bridgehead atoms. The molecule has 2 atom stereocenters. The van der Waals surface area contributed by atoms with E-state index in [4.69, 9.17) is 23.2 Å². The van der Waals surface area contributed by atoms with Gasteiger partial charge in [-0.05, 0) is 44.4 Å². The Bertz CT molecular complexity index is 795. The highest BCUT2D eigenvalue weighted by molar-refractivity contribution is 6.35. The Hall–Kier alpha value is -1.83. The molecule has 1 aromatic carbocycles. The maximum atomic E-state index is 13.0. The third kappa shape index (κ3) is 6.59. The molecule has 1 fully saturated rings. The summed E-state index contributed by atoms with van der Waals surface area (Å²) in [6.07, 6.45) is 1.52. The number of carbonyl (C=O) groups is 3. The van der Waals surface area contributed by atoms with Gasteiger partial charge in [-0.25, -0.2) is 0 Å². The largest absolute Gasteiger partial charge is 0.388 e. The van der Waals surface area contributed by atoms with Crippen LogP contribution in [-0.4, -0.2) is 52.5 Å². The lowest BCUT2D eigenvalue weighted by atomic mass is 9.93. The van der Waals surface area contributed by atoms with Crippen molar-refractivity contribution in [3.05, 3.63) is 33.8 Å². The highest BCUT2D eigenvalue weighted by Crippen LogP contribution is 2.23. The molecule has 3 amide bonds. The van der Waals surface area contributed by atoms with Crippen LogP contribution in [0, 0.1) is 5.92 Å².